The molecule has 3 aromatic heterocycles. The summed E-state index contributed by atoms with van der Waals surface area (Å²) >= 11 is 7.61. The highest BCUT2D eigenvalue weighted by molar-refractivity contribution is 7.22. The molecule has 0 aliphatic carbocycles. The Morgan fingerprint density at radius 2 is 1.80 bits per heavy atom. The van der Waals surface area contributed by atoms with Crippen molar-refractivity contribution in [3.8, 4) is 21.7 Å². The molecular weight excluding hydrogens is 629 g/mol. The number of benzene rings is 2. The zero-order chi connectivity index (χ0) is 32.3. The zero-order valence-corrected chi connectivity index (χ0v) is 26.3. The lowest BCUT2D eigenvalue weighted by molar-refractivity contribution is -0.160. The molecule has 0 radical (unpaired) electrons. The normalized spacial score (nSPS) is 14.5. The molecule has 0 spiro atoms. The van der Waals surface area contributed by atoms with Gasteiger partial charge in [0.15, 0.2) is 11.9 Å². The van der Waals surface area contributed by atoms with Gasteiger partial charge in [-0.1, -0.05) is 23.7 Å². The highest BCUT2D eigenvalue weighted by Gasteiger charge is 2.39. The van der Waals surface area contributed by atoms with Crippen LogP contribution in [0.4, 0.5) is 19.0 Å². The van der Waals surface area contributed by atoms with E-state index in [1.54, 1.807) is 18.3 Å². The Morgan fingerprint density at radius 3 is 2.47 bits per heavy atom. The predicted octanol–water partition coefficient (Wildman–Crippen LogP) is 7.56. The number of carbonyl (C=O) groups is 1. The lowest BCUT2D eigenvalue weighted by Gasteiger charge is -2.29. The van der Waals surface area contributed by atoms with Crippen LogP contribution in [0, 0.1) is 6.92 Å². The number of aliphatic carboxylic acids is 1. The summed E-state index contributed by atoms with van der Waals surface area (Å²) in [4.78, 5) is 23.9. The van der Waals surface area contributed by atoms with Gasteiger partial charge in [0.1, 0.15) is 10.8 Å². The number of aromatic nitrogens is 5. The zero-order valence-electron chi connectivity index (χ0n) is 24.7. The van der Waals surface area contributed by atoms with Crippen molar-refractivity contribution in [3.63, 3.8) is 0 Å². The number of ether oxygens (including phenoxy) is 1. The van der Waals surface area contributed by atoms with E-state index in [0.717, 1.165) is 20.4 Å². The first-order valence-electron chi connectivity index (χ1n) is 14.0. The molecule has 0 saturated carbocycles. The van der Waals surface area contributed by atoms with Gasteiger partial charge in [0.05, 0.1) is 22.4 Å². The molecule has 45 heavy (non-hydrogen) atoms. The number of carboxylic acid groups (broad SMARTS) is 1. The summed E-state index contributed by atoms with van der Waals surface area (Å²) in [7, 11) is 0. The third-order valence-electron chi connectivity index (χ3n) is 7.34. The maximum atomic E-state index is 13.3. The molecule has 0 saturated heterocycles. The van der Waals surface area contributed by atoms with Crippen molar-refractivity contribution in [3.05, 3.63) is 76.5 Å². The van der Waals surface area contributed by atoms with Gasteiger partial charge >= 0.3 is 12.1 Å². The first kappa shape index (κ1) is 30.9. The van der Waals surface area contributed by atoms with Crippen LogP contribution < -0.4 is 4.90 Å². The summed E-state index contributed by atoms with van der Waals surface area (Å²) in [5, 5.41) is 18.7. The molecule has 0 bridgehead atoms. The largest absolute Gasteiger partial charge is 0.479 e. The molecule has 6 rings (SSSR count). The molecule has 1 aliphatic rings. The summed E-state index contributed by atoms with van der Waals surface area (Å²) in [6, 6.07) is 12.7. The van der Waals surface area contributed by atoms with Gasteiger partial charge in [-0.2, -0.15) is 13.2 Å². The summed E-state index contributed by atoms with van der Waals surface area (Å²) in [5.74, 6) is -1.33. The van der Waals surface area contributed by atoms with E-state index < -0.39 is 29.7 Å². The van der Waals surface area contributed by atoms with Crippen molar-refractivity contribution in [1.82, 2.24) is 24.7 Å². The Hall–Kier alpha value is -4.07. The molecule has 1 aliphatic heterocycles. The fourth-order valence-electron chi connectivity index (χ4n) is 5.45. The number of pyridine rings is 1. The van der Waals surface area contributed by atoms with Gasteiger partial charge in [-0.05, 0) is 69.2 Å². The molecule has 1 N–H and O–H groups in total. The molecule has 9 nitrogen and oxygen atoms in total. The SMILES string of the molecule is Cc1cc2nc(-c3ccnc(N4CCn5c(nnc5C(F)(F)F)C4)c3)sc2c(-c2ccc(Cl)cc2)c1C(OC(C)(C)C)C(=O)O. The van der Waals surface area contributed by atoms with E-state index in [1.807, 2.05) is 62.9 Å². The Kier molecular flexibility index (Phi) is 7.82. The number of nitrogens with zero attached hydrogens (tertiary/aromatic N) is 6. The van der Waals surface area contributed by atoms with E-state index >= 15 is 0 Å². The van der Waals surface area contributed by atoms with Gasteiger partial charge in [0.2, 0.25) is 5.82 Å². The number of aryl methyl sites for hydroxylation is 1. The van der Waals surface area contributed by atoms with Crippen LogP contribution in [0.15, 0.2) is 48.7 Å². The van der Waals surface area contributed by atoms with Gasteiger partial charge < -0.3 is 19.3 Å². The fourth-order valence-corrected chi connectivity index (χ4v) is 6.70. The molecule has 2 aromatic carbocycles. The number of fused-ring (bicyclic) bond motifs is 2. The Bertz CT molecular complexity index is 1920. The van der Waals surface area contributed by atoms with E-state index in [9.17, 15) is 23.1 Å². The topological polar surface area (TPSA) is 106 Å². The Balaban J connectivity index is 1.44. The smallest absolute Gasteiger partial charge is 0.451 e. The minimum Gasteiger partial charge on any atom is -0.479 e. The van der Waals surface area contributed by atoms with E-state index in [0.29, 0.717) is 38.1 Å². The average Bonchev–Trinajstić information content (AvgIpc) is 3.59. The first-order chi connectivity index (χ1) is 21.2. The van der Waals surface area contributed by atoms with E-state index in [4.69, 9.17) is 21.3 Å². The minimum atomic E-state index is -4.58. The van der Waals surface area contributed by atoms with Crippen LogP contribution in [0.3, 0.4) is 0 Å². The molecule has 4 heterocycles. The standard InChI is InChI=1S/C31H28ClF3N6O3S/c1-16-13-20-26(24(17-5-7-19(32)8-6-17)23(16)25(28(42)43)44-30(2,3)4)45-27(37-20)18-9-10-36-21(14-18)40-11-12-41-22(15-40)38-39-29(41)31(33,34)35/h5-10,13-14,25H,11-12,15H2,1-4H3,(H,42,43). The fraction of sp³-hybridized carbons (Fsp3) is 0.323. The summed E-state index contributed by atoms with van der Waals surface area (Å²) < 4.78 is 47.9. The second-order valence-corrected chi connectivity index (χ2v) is 13.2. The number of anilines is 1. The lowest BCUT2D eigenvalue weighted by Crippen LogP contribution is -2.35. The number of halogens is 4. The number of carboxylic acids is 1. The van der Waals surface area contributed by atoms with Crippen LogP contribution in [-0.2, 0) is 28.8 Å². The third kappa shape index (κ3) is 6.11. The van der Waals surface area contributed by atoms with Crippen LogP contribution in [-0.4, -0.2) is 48.0 Å². The van der Waals surface area contributed by atoms with Crippen molar-refractivity contribution in [2.24, 2.45) is 0 Å². The molecule has 0 amide bonds. The Morgan fingerprint density at radius 1 is 1.07 bits per heavy atom. The van der Waals surface area contributed by atoms with Gasteiger partial charge in [-0.25, -0.2) is 14.8 Å². The van der Waals surface area contributed by atoms with Crippen LogP contribution >= 0.6 is 22.9 Å². The quantitative estimate of drug-likeness (QED) is 0.200. The lowest BCUT2D eigenvalue weighted by atomic mass is 9.91. The van der Waals surface area contributed by atoms with Crippen molar-refractivity contribution in [1.29, 1.82) is 0 Å². The van der Waals surface area contributed by atoms with Crippen molar-refractivity contribution in [2.45, 2.75) is 58.7 Å². The second kappa shape index (κ2) is 11.4. The van der Waals surface area contributed by atoms with E-state index in [2.05, 4.69) is 15.2 Å². The van der Waals surface area contributed by atoms with Gasteiger partial charge in [-0.3, -0.25) is 0 Å². The number of rotatable bonds is 6. The second-order valence-electron chi connectivity index (χ2n) is 11.7. The summed E-state index contributed by atoms with van der Waals surface area (Å²) in [6.45, 7) is 7.76. The highest BCUT2D eigenvalue weighted by atomic mass is 35.5. The van der Waals surface area contributed by atoms with Gasteiger partial charge in [0.25, 0.3) is 0 Å². The molecule has 1 atom stereocenters. The first-order valence-corrected chi connectivity index (χ1v) is 15.2. The average molecular weight is 657 g/mol. The number of thiazole rings is 1. The molecule has 5 aromatic rings. The van der Waals surface area contributed by atoms with Crippen molar-refractivity contribution in [2.75, 3.05) is 11.4 Å². The predicted molar refractivity (Wildman–Crippen MR) is 165 cm³/mol. The van der Waals surface area contributed by atoms with Crippen molar-refractivity contribution >= 4 is 44.9 Å². The van der Waals surface area contributed by atoms with Crippen molar-refractivity contribution < 1.29 is 27.8 Å². The van der Waals surface area contributed by atoms with Gasteiger partial charge in [0, 0.05) is 41.0 Å². The summed E-state index contributed by atoms with van der Waals surface area (Å²) in [5.41, 5.74) is 3.43. The Labute approximate surface area is 265 Å². The molecule has 14 heteroatoms. The summed E-state index contributed by atoms with van der Waals surface area (Å²) in [6.07, 6.45) is -4.19. The maximum absolute atomic E-state index is 13.3. The van der Waals surface area contributed by atoms with Crippen LogP contribution in [0.25, 0.3) is 31.9 Å². The number of alkyl halides is 3. The highest BCUT2D eigenvalue weighted by Crippen LogP contribution is 2.44. The third-order valence-corrected chi connectivity index (χ3v) is 8.73. The molecule has 1 unspecified atom stereocenters. The van der Waals surface area contributed by atoms with E-state index in [-0.39, 0.29) is 25.5 Å². The monoisotopic (exact) mass is 656 g/mol. The number of hydrogen-bond donors (Lipinski definition) is 1. The van der Waals surface area contributed by atoms with Crippen LogP contribution in [0.5, 0.6) is 0 Å². The maximum Gasteiger partial charge on any atom is 0.451 e. The van der Waals surface area contributed by atoms with Crippen LogP contribution in [0.2, 0.25) is 5.02 Å². The molecule has 234 valence electrons. The molecule has 0 fully saturated rings. The van der Waals surface area contributed by atoms with E-state index in [1.165, 1.54) is 11.3 Å². The minimum absolute atomic E-state index is 0.0676. The number of hydrogen-bond acceptors (Lipinski definition) is 8. The van der Waals surface area contributed by atoms with Crippen LogP contribution in [0.1, 0.15) is 49.7 Å². The molecular formula is C31H28ClF3N6O3S. The van der Waals surface area contributed by atoms with Gasteiger partial charge in [-0.15, -0.1) is 21.5 Å².